The zero-order valence-corrected chi connectivity index (χ0v) is 18.2. The fraction of sp³-hybridized carbons (Fsp3) is 0.278. The molecule has 0 spiro atoms. The van der Waals surface area contributed by atoms with Crippen LogP contribution in [-0.4, -0.2) is 23.2 Å². The van der Waals surface area contributed by atoms with E-state index in [9.17, 15) is 14.3 Å². The molecule has 0 aromatic heterocycles. The van der Waals surface area contributed by atoms with E-state index < -0.39 is 17.3 Å². The smallest absolute Gasteiger partial charge is 0.277 e. The van der Waals surface area contributed by atoms with Crippen molar-refractivity contribution in [3.63, 3.8) is 0 Å². The summed E-state index contributed by atoms with van der Waals surface area (Å²) in [6, 6.07) is 7.59. The van der Waals surface area contributed by atoms with E-state index in [1.807, 2.05) is 6.07 Å². The maximum Gasteiger partial charge on any atom is 0.277 e. The number of rotatable bonds is 7. The van der Waals surface area contributed by atoms with Crippen molar-refractivity contribution in [2.24, 2.45) is 0 Å². The SMILES string of the molecule is CC(C)(O)CCONC(=O)c1cc(Cl)c(F)cc1Nc1ccc(I)cc1Cl. The number of anilines is 2. The standard InChI is InChI=1S/C18H18Cl2FIN2O3/c1-18(2,26)5-6-27-24-17(25)11-8-12(19)14(21)9-16(11)23-15-4-3-10(22)7-13(15)20/h3-4,7-9,23,26H,5-6H2,1-2H3,(H,24,25). The van der Waals surface area contributed by atoms with Crippen LogP contribution in [0, 0.1) is 9.39 Å². The zero-order valence-electron chi connectivity index (χ0n) is 14.6. The Balaban J connectivity index is 2.20. The lowest BCUT2D eigenvalue weighted by Gasteiger charge is -2.17. The molecule has 0 unspecified atom stereocenters. The Morgan fingerprint density at radius 3 is 2.56 bits per heavy atom. The van der Waals surface area contributed by atoms with E-state index in [-0.39, 0.29) is 22.9 Å². The van der Waals surface area contributed by atoms with Crippen molar-refractivity contribution in [1.82, 2.24) is 5.48 Å². The molecule has 27 heavy (non-hydrogen) atoms. The maximum atomic E-state index is 13.9. The van der Waals surface area contributed by atoms with Gasteiger partial charge >= 0.3 is 0 Å². The second kappa shape index (κ2) is 9.38. The Bertz CT molecular complexity index is 844. The number of halogens is 4. The highest BCUT2D eigenvalue weighted by molar-refractivity contribution is 14.1. The summed E-state index contributed by atoms with van der Waals surface area (Å²) >= 11 is 14.1. The average molecular weight is 527 g/mol. The van der Waals surface area contributed by atoms with Gasteiger partial charge in [0, 0.05) is 9.99 Å². The van der Waals surface area contributed by atoms with Gasteiger partial charge in [0.1, 0.15) is 5.82 Å². The molecule has 3 N–H and O–H groups in total. The molecule has 0 saturated heterocycles. The van der Waals surface area contributed by atoms with Crippen molar-refractivity contribution < 1.29 is 19.1 Å². The molecule has 9 heteroatoms. The number of hydrogen-bond acceptors (Lipinski definition) is 4. The van der Waals surface area contributed by atoms with Crippen LogP contribution >= 0.6 is 45.8 Å². The molecule has 146 valence electrons. The third kappa shape index (κ3) is 6.76. The Hall–Kier alpha value is -1.13. The fourth-order valence-electron chi connectivity index (χ4n) is 2.05. The van der Waals surface area contributed by atoms with Gasteiger partial charge in [-0.15, -0.1) is 0 Å². The monoisotopic (exact) mass is 526 g/mol. The number of amides is 1. The van der Waals surface area contributed by atoms with E-state index in [2.05, 4.69) is 33.4 Å². The van der Waals surface area contributed by atoms with E-state index >= 15 is 0 Å². The van der Waals surface area contributed by atoms with Crippen LogP contribution in [0.1, 0.15) is 30.6 Å². The molecule has 2 aromatic carbocycles. The maximum absolute atomic E-state index is 13.9. The van der Waals surface area contributed by atoms with Crippen molar-refractivity contribution in [2.45, 2.75) is 25.9 Å². The Kier molecular flexibility index (Phi) is 7.70. The Labute approximate surface area is 180 Å². The van der Waals surface area contributed by atoms with E-state index in [1.165, 1.54) is 6.07 Å². The minimum Gasteiger partial charge on any atom is -0.390 e. The number of carbonyl (C=O) groups is 1. The second-order valence-electron chi connectivity index (χ2n) is 6.40. The van der Waals surface area contributed by atoms with Crippen LogP contribution in [0.5, 0.6) is 0 Å². The van der Waals surface area contributed by atoms with E-state index in [4.69, 9.17) is 28.0 Å². The summed E-state index contributed by atoms with van der Waals surface area (Å²) in [5, 5.41) is 12.8. The van der Waals surface area contributed by atoms with E-state index in [0.717, 1.165) is 9.64 Å². The number of nitrogens with one attached hydrogen (secondary N) is 2. The van der Waals surface area contributed by atoms with Crippen LogP contribution in [-0.2, 0) is 4.84 Å². The van der Waals surface area contributed by atoms with Crippen molar-refractivity contribution in [2.75, 3.05) is 11.9 Å². The lowest BCUT2D eigenvalue weighted by molar-refractivity contribution is -0.00569. The van der Waals surface area contributed by atoms with Crippen molar-refractivity contribution in [3.8, 4) is 0 Å². The lowest BCUT2D eigenvalue weighted by atomic mass is 10.1. The molecule has 2 rings (SSSR count). The molecule has 5 nitrogen and oxygen atoms in total. The molecule has 0 aliphatic carbocycles. The molecule has 0 fully saturated rings. The highest BCUT2D eigenvalue weighted by atomic mass is 127. The van der Waals surface area contributed by atoms with Crippen LogP contribution < -0.4 is 10.8 Å². The van der Waals surface area contributed by atoms with Gasteiger partial charge in [0.15, 0.2) is 0 Å². The molecule has 0 aliphatic rings. The highest BCUT2D eigenvalue weighted by Crippen LogP contribution is 2.31. The minimum atomic E-state index is -0.918. The molecule has 1 amide bonds. The molecule has 0 radical (unpaired) electrons. The first kappa shape index (κ1) is 22.2. The first-order chi connectivity index (χ1) is 12.6. The normalized spacial score (nSPS) is 11.4. The summed E-state index contributed by atoms with van der Waals surface area (Å²) in [5.41, 5.74) is 2.12. The average Bonchev–Trinajstić information content (AvgIpc) is 2.56. The summed E-state index contributed by atoms with van der Waals surface area (Å²) in [4.78, 5) is 17.5. The topological polar surface area (TPSA) is 70.6 Å². The van der Waals surface area contributed by atoms with Crippen LogP contribution in [0.15, 0.2) is 30.3 Å². The van der Waals surface area contributed by atoms with Gasteiger partial charge in [0.25, 0.3) is 5.91 Å². The number of hydrogen-bond donors (Lipinski definition) is 3. The van der Waals surface area contributed by atoms with E-state index in [0.29, 0.717) is 17.1 Å². The van der Waals surface area contributed by atoms with Crippen LogP contribution in [0.3, 0.4) is 0 Å². The lowest BCUT2D eigenvalue weighted by Crippen LogP contribution is -2.28. The van der Waals surface area contributed by atoms with Gasteiger partial charge in [-0.3, -0.25) is 9.63 Å². The quantitative estimate of drug-likeness (QED) is 0.260. The van der Waals surface area contributed by atoms with Crippen molar-refractivity contribution >= 4 is 63.1 Å². The third-order valence-electron chi connectivity index (χ3n) is 3.49. The first-order valence-corrected chi connectivity index (χ1v) is 9.76. The number of carbonyl (C=O) groups excluding carboxylic acids is 1. The zero-order chi connectivity index (χ0) is 20.2. The fourth-order valence-corrected chi connectivity index (χ4v) is 3.11. The van der Waals surface area contributed by atoms with Gasteiger partial charge in [-0.25, -0.2) is 9.87 Å². The largest absolute Gasteiger partial charge is 0.390 e. The molecule has 2 aromatic rings. The number of aliphatic hydroxyl groups is 1. The van der Waals surface area contributed by atoms with Gasteiger partial charge in [-0.1, -0.05) is 23.2 Å². The Morgan fingerprint density at radius 2 is 1.93 bits per heavy atom. The van der Waals surface area contributed by atoms with Gasteiger partial charge in [-0.05, 0) is 66.8 Å². The molecular formula is C18H18Cl2FIN2O3. The molecule has 0 bridgehead atoms. The van der Waals surface area contributed by atoms with Crippen LogP contribution in [0.4, 0.5) is 15.8 Å². The van der Waals surface area contributed by atoms with Gasteiger partial charge in [0.2, 0.25) is 0 Å². The summed E-state index contributed by atoms with van der Waals surface area (Å²) < 4.78 is 14.9. The predicted molar refractivity (Wildman–Crippen MR) is 113 cm³/mol. The molecule has 0 aliphatic heterocycles. The number of benzene rings is 2. The second-order valence-corrected chi connectivity index (χ2v) is 8.46. The van der Waals surface area contributed by atoms with Gasteiger partial charge < -0.3 is 10.4 Å². The molecule has 0 heterocycles. The van der Waals surface area contributed by atoms with Crippen LogP contribution in [0.2, 0.25) is 10.0 Å². The van der Waals surface area contributed by atoms with Gasteiger partial charge in [-0.2, -0.15) is 0 Å². The highest BCUT2D eigenvalue weighted by Gasteiger charge is 2.18. The third-order valence-corrected chi connectivity index (χ3v) is 4.76. The summed E-state index contributed by atoms with van der Waals surface area (Å²) in [6.07, 6.45) is 0.320. The van der Waals surface area contributed by atoms with Crippen LogP contribution in [0.25, 0.3) is 0 Å². The molecular weight excluding hydrogens is 509 g/mol. The summed E-state index contributed by atoms with van der Waals surface area (Å²) in [7, 11) is 0. The summed E-state index contributed by atoms with van der Waals surface area (Å²) in [6.45, 7) is 3.37. The number of hydroxylamine groups is 1. The van der Waals surface area contributed by atoms with Gasteiger partial charge in [0.05, 0.1) is 39.2 Å². The Morgan fingerprint density at radius 1 is 1.22 bits per heavy atom. The minimum absolute atomic E-state index is 0.0827. The predicted octanol–water partition coefficient (Wildman–Crippen LogP) is 5.30. The molecule has 0 saturated carbocycles. The molecule has 0 atom stereocenters. The van der Waals surface area contributed by atoms with E-state index in [1.54, 1.807) is 26.0 Å². The summed E-state index contributed by atoms with van der Waals surface area (Å²) in [5.74, 6) is -1.29. The van der Waals surface area contributed by atoms with Crippen molar-refractivity contribution in [3.05, 3.63) is 55.3 Å². The van der Waals surface area contributed by atoms with Crippen molar-refractivity contribution in [1.29, 1.82) is 0 Å². The first-order valence-electron chi connectivity index (χ1n) is 7.92.